The summed E-state index contributed by atoms with van der Waals surface area (Å²) in [6, 6.07) is 10.3. The molecule has 1 aliphatic heterocycles. The number of benzene rings is 2. The maximum atomic E-state index is 13.5. The smallest absolute Gasteiger partial charge is 0.229 e. The number of hydrogen-bond donors (Lipinski definition) is 2. The molecule has 0 aliphatic carbocycles. The number of likely N-dealkylation sites (N-methyl/N-ethyl adjacent to an activating group) is 1. The van der Waals surface area contributed by atoms with Gasteiger partial charge in [-0.1, -0.05) is 6.92 Å². The Hall–Kier alpha value is -4.43. The van der Waals surface area contributed by atoms with E-state index >= 15 is 0 Å². The predicted molar refractivity (Wildman–Crippen MR) is 180 cm³/mol. The molecule has 1 aliphatic rings. The molecule has 11 heteroatoms. The summed E-state index contributed by atoms with van der Waals surface area (Å²) in [5.41, 5.74) is 9.82. The summed E-state index contributed by atoms with van der Waals surface area (Å²) in [6.45, 7) is 11.1. The maximum absolute atomic E-state index is 13.5. The van der Waals surface area contributed by atoms with Crippen LogP contribution >= 0.6 is 7.14 Å². The van der Waals surface area contributed by atoms with E-state index in [1.165, 1.54) is 17.0 Å². The van der Waals surface area contributed by atoms with Gasteiger partial charge < -0.3 is 29.4 Å². The first kappa shape index (κ1) is 29.6. The van der Waals surface area contributed by atoms with Crippen LogP contribution in [0.15, 0.2) is 48.9 Å². The lowest BCUT2D eigenvalue weighted by Gasteiger charge is -2.23. The molecule has 228 valence electrons. The van der Waals surface area contributed by atoms with Gasteiger partial charge >= 0.3 is 0 Å². The molecule has 44 heavy (non-hydrogen) atoms. The average molecular weight is 611 g/mol. The molecule has 0 spiro atoms. The molecule has 10 nitrogen and oxygen atoms in total. The van der Waals surface area contributed by atoms with E-state index in [1.54, 1.807) is 31.9 Å². The monoisotopic (exact) mass is 610 g/mol. The van der Waals surface area contributed by atoms with Gasteiger partial charge in [0.2, 0.25) is 5.95 Å². The zero-order valence-corrected chi connectivity index (χ0v) is 27.3. The first-order valence-corrected chi connectivity index (χ1v) is 17.6. The van der Waals surface area contributed by atoms with Gasteiger partial charge in [0.15, 0.2) is 0 Å². The van der Waals surface area contributed by atoms with Crippen LogP contribution in [0.1, 0.15) is 30.8 Å². The van der Waals surface area contributed by atoms with Gasteiger partial charge in [-0.2, -0.15) is 4.98 Å². The molecule has 2 N–H and O–H groups in total. The molecule has 2 aromatic carbocycles. The molecule has 0 unspecified atom stereocenters. The molecule has 3 aromatic heterocycles. The Morgan fingerprint density at radius 3 is 2.52 bits per heavy atom. The minimum absolute atomic E-state index is 0.418. The molecule has 0 fully saturated rings. The van der Waals surface area contributed by atoms with Gasteiger partial charge in [-0.25, -0.2) is 4.98 Å². The van der Waals surface area contributed by atoms with Crippen molar-refractivity contribution >= 4 is 52.3 Å². The van der Waals surface area contributed by atoms with Gasteiger partial charge in [-0.05, 0) is 57.9 Å². The zero-order valence-electron chi connectivity index (χ0n) is 26.4. The molecule has 0 bridgehead atoms. The largest absolute Gasteiger partial charge is 0.492 e. The number of nitrogens with one attached hydrogen (secondary N) is 2. The minimum Gasteiger partial charge on any atom is -0.492 e. The summed E-state index contributed by atoms with van der Waals surface area (Å²) in [7, 11) is 1.56. The summed E-state index contributed by atoms with van der Waals surface area (Å²) in [5.74, 6) is 1.76. The number of nitrogens with zero attached hydrogens (tertiary/aromatic N) is 6. The number of hydrogen-bond acceptors (Lipinski definition) is 9. The number of aromatic nitrogens is 5. The van der Waals surface area contributed by atoms with Gasteiger partial charge in [0, 0.05) is 85.5 Å². The van der Waals surface area contributed by atoms with Crippen LogP contribution in [0, 0.1) is 6.92 Å². The standard InChI is InChI=1S/C33H39N8O2P/c1-8-21-16-22-23-17-26(29(43-9-2)18-28(23)40(4)15-12-27(22)41(21)5)38-33-36-19-20(3)32(39-33)37-25-11-10-24-30(35-14-13-34-24)31(25)44(6,7)42/h10-11,13-14,16-19H,8-9,12,15H2,1-7H3,(H2,36,37,38,39). The summed E-state index contributed by atoms with van der Waals surface area (Å²) in [6.07, 6.45) is 6.97. The van der Waals surface area contributed by atoms with E-state index < -0.39 is 7.14 Å². The molecule has 0 atom stereocenters. The first-order chi connectivity index (χ1) is 21.1. The van der Waals surface area contributed by atoms with E-state index in [4.69, 9.17) is 9.72 Å². The number of fused-ring (bicyclic) bond motifs is 4. The summed E-state index contributed by atoms with van der Waals surface area (Å²) >= 11 is 0. The Labute approximate surface area is 258 Å². The van der Waals surface area contributed by atoms with Crippen molar-refractivity contribution in [3.63, 3.8) is 0 Å². The molecule has 4 heterocycles. The lowest BCUT2D eigenvalue weighted by molar-refractivity contribution is 0.342. The van der Waals surface area contributed by atoms with Crippen molar-refractivity contribution in [1.82, 2.24) is 24.5 Å². The fraction of sp³-hybridized carbons (Fsp3) is 0.333. The predicted octanol–water partition coefficient (Wildman–Crippen LogP) is 6.42. The quantitative estimate of drug-likeness (QED) is 0.192. The third-order valence-corrected chi connectivity index (χ3v) is 9.76. The Morgan fingerprint density at radius 2 is 1.77 bits per heavy atom. The topological polar surface area (TPSA) is 110 Å². The van der Waals surface area contributed by atoms with Crippen molar-refractivity contribution in [2.75, 3.05) is 49.1 Å². The second kappa shape index (κ2) is 11.6. The zero-order chi connectivity index (χ0) is 31.2. The van der Waals surface area contributed by atoms with Gasteiger partial charge in [-0.3, -0.25) is 9.97 Å². The van der Waals surface area contributed by atoms with Crippen LogP contribution in [-0.4, -0.2) is 58.0 Å². The van der Waals surface area contributed by atoms with Crippen LogP contribution in [0.3, 0.4) is 0 Å². The molecular formula is C33H39N8O2P. The normalized spacial score (nSPS) is 12.9. The number of rotatable bonds is 8. The lowest BCUT2D eigenvalue weighted by atomic mass is 10.0. The van der Waals surface area contributed by atoms with E-state index in [1.807, 2.05) is 26.0 Å². The van der Waals surface area contributed by atoms with Crippen LogP contribution in [0.25, 0.3) is 22.2 Å². The molecule has 0 saturated carbocycles. The van der Waals surface area contributed by atoms with Crippen LogP contribution < -0.4 is 25.6 Å². The lowest BCUT2D eigenvalue weighted by Crippen LogP contribution is -2.20. The van der Waals surface area contributed by atoms with Crippen molar-refractivity contribution in [2.45, 2.75) is 33.6 Å². The second-order valence-electron chi connectivity index (χ2n) is 11.6. The van der Waals surface area contributed by atoms with Crippen LogP contribution in [-0.2, 0) is 24.5 Å². The SMILES string of the molecule is CCOc1cc2c(cc1Nc1ncc(C)c(Nc3ccc4nccnc4c3P(C)(C)=O)n1)-c1cc(CC)n(C)c1CCN2C. The molecule has 0 radical (unpaired) electrons. The second-order valence-corrected chi connectivity index (χ2v) is 14.7. The minimum atomic E-state index is -2.73. The van der Waals surface area contributed by atoms with Gasteiger partial charge in [0.05, 0.1) is 28.8 Å². The molecule has 0 saturated heterocycles. The highest BCUT2D eigenvalue weighted by Gasteiger charge is 2.25. The average Bonchev–Trinajstić information content (AvgIpc) is 3.25. The third-order valence-electron chi connectivity index (χ3n) is 8.23. The van der Waals surface area contributed by atoms with E-state index in [0.29, 0.717) is 40.4 Å². The van der Waals surface area contributed by atoms with Gasteiger partial charge in [0.25, 0.3) is 0 Å². The van der Waals surface area contributed by atoms with E-state index in [2.05, 4.69) is 74.3 Å². The number of anilines is 5. The van der Waals surface area contributed by atoms with Crippen molar-refractivity contribution in [1.29, 1.82) is 0 Å². The van der Waals surface area contributed by atoms with E-state index in [9.17, 15) is 4.57 Å². The summed E-state index contributed by atoms with van der Waals surface area (Å²) in [5, 5.41) is 7.52. The highest BCUT2D eigenvalue weighted by molar-refractivity contribution is 7.71. The number of ether oxygens (including phenoxy) is 1. The van der Waals surface area contributed by atoms with E-state index in [0.717, 1.165) is 47.6 Å². The highest BCUT2D eigenvalue weighted by Crippen LogP contribution is 2.44. The molecule has 5 aromatic rings. The fourth-order valence-corrected chi connectivity index (χ4v) is 7.38. The highest BCUT2D eigenvalue weighted by atomic mass is 31.2. The molecular weight excluding hydrogens is 571 g/mol. The van der Waals surface area contributed by atoms with E-state index in [-0.39, 0.29) is 0 Å². The van der Waals surface area contributed by atoms with Crippen LogP contribution in [0.4, 0.5) is 28.8 Å². The van der Waals surface area contributed by atoms with Gasteiger partial charge in [0.1, 0.15) is 24.2 Å². The maximum Gasteiger partial charge on any atom is 0.229 e. The van der Waals surface area contributed by atoms with Crippen molar-refractivity contribution < 1.29 is 9.30 Å². The number of aryl methyl sites for hydroxylation is 2. The summed E-state index contributed by atoms with van der Waals surface area (Å²) < 4.78 is 21.9. The van der Waals surface area contributed by atoms with Crippen molar-refractivity contribution in [3.05, 3.63) is 65.9 Å². The van der Waals surface area contributed by atoms with Gasteiger partial charge in [-0.15, -0.1) is 0 Å². The Balaban J connectivity index is 1.41. The van der Waals surface area contributed by atoms with Crippen LogP contribution in [0.2, 0.25) is 0 Å². The summed E-state index contributed by atoms with van der Waals surface area (Å²) in [4.78, 5) is 20.7. The third kappa shape index (κ3) is 5.39. The molecule has 0 amide bonds. The fourth-order valence-electron chi connectivity index (χ4n) is 5.99. The first-order valence-electron chi connectivity index (χ1n) is 15.0. The Bertz CT molecular complexity index is 1930. The molecule has 6 rings (SSSR count). The van der Waals surface area contributed by atoms with Crippen LogP contribution in [0.5, 0.6) is 5.75 Å². The van der Waals surface area contributed by atoms with Crippen molar-refractivity contribution in [2.24, 2.45) is 7.05 Å². The Morgan fingerprint density at radius 1 is 0.977 bits per heavy atom. The van der Waals surface area contributed by atoms with Crippen molar-refractivity contribution in [3.8, 4) is 16.9 Å². The Kier molecular flexibility index (Phi) is 7.80.